The highest BCUT2D eigenvalue weighted by molar-refractivity contribution is 5.76. The third-order valence-corrected chi connectivity index (χ3v) is 4.00. The van der Waals surface area contributed by atoms with Crippen molar-refractivity contribution in [3.05, 3.63) is 42.1 Å². The van der Waals surface area contributed by atoms with Crippen LogP contribution in [-0.2, 0) is 0 Å². The molecule has 0 saturated carbocycles. The Morgan fingerprint density at radius 2 is 2.16 bits per heavy atom. The summed E-state index contributed by atoms with van der Waals surface area (Å²) >= 11 is 0. The molecule has 0 radical (unpaired) electrons. The molecule has 0 fully saturated rings. The molecule has 0 saturated heterocycles. The van der Waals surface area contributed by atoms with Crippen LogP contribution in [0.4, 0.5) is 20.8 Å². The van der Waals surface area contributed by atoms with Crippen LogP contribution in [0.2, 0.25) is 0 Å². The molecular weight excluding hydrogens is 409 g/mol. The fraction of sp³-hybridized carbons (Fsp3) is 0.211. The number of aromatic nitrogens is 4. The van der Waals surface area contributed by atoms with Gasteiger partial charge in [-0.15, -0.1) is 0 Å². The number of amides is 1. The lowest BCUT2D eigenvalue weighted by Crippen LogP contribution is -2.23. The zero-order valence-electron chi connectivity index (χ0n) is 16.3. The van der Waals surface area contributed by atoms with Gasteiger partial charge in [0.25, 0.3) is 0 Å². The smallest absolute Gasteiger partial charge is 0.404 e. The van der Waals surface area contributed by atoms with E-state index in [0.29, 0.717) is 35.1 Å². The number of benzene rings is 1. The van der Waals surface area contributed by atoms with Gasteiger partial charge >= 0.3 is 6.09 Å². The molecule has 0 aliphatic rings. The van der Waals surface area contributed by atoms with E-state index in [1.165, 1.54) is 31.6 Å². The van der Waals surface area contributed by atoms with Crippen LogP contribution in [0.3, 0.4) is 0 Å². The minimum atomic E-state index is -1.12. The van der Waals surface area contributed by atoms with Crippen LogP contribution in [0.15, 0.2) is 30.6 Å². The number of aromatic amines is 1. The number of carbonyl (C=O) groups is 1. The van der Waals surface area contributed by atoms with Gasteiger partial charge in [0.15, 0.2) is 23.1 Å². The summed E-state index contributed by atoms with van der Waals surface area (Å²) in [6, 6.07) is 6.16. The molecule has 3 aromatic rings. The van der Waals surface area contributed by atoms with Gasteiger partial charge in [-0.1, -0.05) is 0 Å². The van der Waals surface area contributed by atoms with Gasteiger partial charge in [0.2, 0.25) is 0 Å². The lowest BCUT2D eigenvalue weighted by molar-refractivity contribution is 0.193. The highest BCUT2D eigenvalue weighted by Gasteiger charge is 2.20. The van der Waals surface area contributed by atoms with Crippen LogP contribution < -0.4 is 20.1 Å². The Hall–Kier alpha value is -4.40. The Morgan fingerprint density at radius 1 is 1.32 bits per heavy atom. The lowest BCUT2D eigenvalue weighted by Gasteiger charge is -2.14. The Labute approximate surface area is 175 Å². The normalized spacial score (nSPS) is 10.2. The number of methoxy groups -OCH3 is 1. The number of nitriles is 1. The number of H-pyrrole nitrogens is 1. The molecule has 4 N–H and O–H groups in total. The van der Waals surface area contributed by atoms with Gasteiger partial charge in [0.05, 0.1) is 37.4 Å². The van der Waals surface area contributed by atoms with E-state index in [1.54, 1.807) is 6.07 Å². The van der Waals surface area contributed by atoms with E-state index >= 15 is 0 Å². The number of rotatable bonds is 9. The first kappa shape index (κ1) is 21.3. The molecule has 0 aliphatic carbocycles. The highest BCUT2D eigenvalue weighted by Crippen LogP contribution is 2.40. The van der Waals surface area contributed by atoms with E-state index in [1.807, 2.05) is 6.07 Å². The summed E-state index contributed by atoms with van der Waals surface area (Å²) in [5.74, 6) is 0.457. The summed E-state index contributed by atoms with van der Waals surface area (Å²) in [4.78, 5) is 18.5. The van der Waals surface area contributed by atoms with Crippen molar-refractivity contribution in [3.63, 3.8) is 0 Å². The third-order valence-electron chi connectivity index (χ3n) is 4.00. The fourth-order valence-corrected chi connectivity index (χ4v) is 2.66. The van der Waals surface area contributed by atoms with Crippen LogP contribution in [0, 0.1) is 17.1 Å². The molecular formula is C19H18FN7O4. The summed E-state index contributed by atoms with van der Waals surface area (Å²) in [5.41, 5.74) is 0.914. The van der Waals surface area contributed by atoms with Crippen molar-refractivity contribution < 1.29 is 23.8 Å². The molecule has 0 atom stereocenters. The van der Waals surface area contributed by atoms with E-state index in [-0.39, 0.29) is 24.6 Å². The highest BCUT2D eigenvalue weighted by atomic mass is 19.1. The lowest BCUT2D eigenvalue weighted by atomic mass is 10.1. The van der Waals surface area contributed by atoms with E-state index in [2.05, 4.69) is 30.8 Å². The molecule has 0 spiro atoms. The van der Waals surface area contributed by atoms with E-state index in [0.717, 1.165) is 0 Å². The topological polar surface area (TPSA) is 158 Å². The molecule has 11 nitrogen and oxygen atoms in total. The van der Waals surface area contributed by atoms with Crippen molar-refractivity contribution in [2.45, 2.75) is 6.42 Å². The van der Waals surface area contributed by atoms with Gasteiger partial charge in [-0.2, -0.15) is 10.4 Å². The SMILES string of the molecule is COc1c(F)ccc(OCCCNC(=O)O)c1-c1cc(Nc2cnc(C#N)cn2)n[nH]1. The average molecular weight is 427 g/mol. The predicted molar refractivity (Wildman–Crippen MR) is 107 cm³/mol. The van der Waals surface area contributed by atoms with Crippen molar-refractivity contribution in [1.29, 1.82) is 5.26 Å². The quantitative estimate of drug-likeness (QED) is 0.377. The molecule has 2 heterocycles. The Bertz CT molecular complexity index is 1100. The number of hydrogen-bond donors (Lipinski definition) is 4. The molecule has 0 unspecified atom stereocenters. The zero-order valence-corrected chi connectivity index (χ0v) is 16.3. The van der Waals surface area contributed by atoms with Crippen molar-refractivity contribution >= 4 is 17.7 Å². The number of carboxylic acid groups (broad SMARTS) is 1. The number of nitrogens with one attached hydrogen (secondary N) is 3. The van der Waals surface area contributed by atoms with Crippen molar-refractivity contribution in [3.8, 4) is 28.8 Å². The van der Waals surface area contributed by atoms with Crippen molar-refractivity contribution in [2.75, 3.05) is 25.6 Å². The number of halogens is 1. The molecule has 1 aromatic carbocycles. The third kappa shape index (κ3) is 5.36. The van der Waals surface area contributed by atoms with Crippen molar-refractivity contribution in [1.82, 2.24) is 25.5 Å². The summed E-state index contributed by atoms with van der Waals surface area (Å²) in [6.07, 6.45) is 2.00. The Kier molecular flexibility index (Phi) is 6.79. The first-order valence-corrected chi connectivity index (χ1v) is 9.03. The summed E-state index contributed by atoms with van der Waals surface area (Å²) in [6.45, 7) is 0.412. The Balaban J connectivity index is 1.80. The summed E-state index contributed by atoms with van der Waals surface area (Å²) in [5, 5.41) is 29.5. The van der Waals surface area contributed by atoms with Crippen LogP contribution in [0.5, 0.6) is 11.5 Å². The minimum absolute atomic E-state index is 0.0328. The van der Waals surface area contributed by atoms with Gasteiger partial charge in [-0.05, 0) is 18.6 Å². The number of anilines is 2. The standard InChI is InChI=1S/C19H18FN7O4/c1-30-18-12(20)3-4-14(31-6-2-5-22-19(28)29)17(18)13-7-15(27-26-13)25-16-10-23-11(8-21)9-24-16/h3-4,7,9-10,22H,2,5-6H2,1H3,(H,28,29)(H2,24,25,26,27). The molecule has 3 rings (SSSR count). The number of nitrogens with zero attached hydrogens (tertiary/aromatic N) is 4. The van der Waals surface area contributed by atoms with Crippen molar-refractivity contribution in [2.24, 2.45) is 0 Å². The molecule has 1 amide bonds. The maximum atomic E-state index is 14.3. The molecule has 12 heteroatoms. The van der Waals surface area contributed by atoms with E-state index in [9.17, 15) is 9.18 Å². The second-order valence-electron chi connectivity index (χ2n) is 6.08. The van der Waals surface area contributed by atoms with Gasteiger partial charge in [0, 0.05) is 12.6 Å². The minimum Gasteiger partial charge on any atom is -0.493 e. The monoisotopic (exact) mass is 427 g/mol. The Morgan fingerprint density at radius 3 is 2.84 bits per heavy atom. The molecule has 0 bridgehead atoms. The number of hydrogen-bond acceptors (Lipinski definition) is 8. The molecule has 160 valence electrons. The van der Waals surface area contributed by atoms with Gasteiger partial charge in [-0.25, -0.2) is 19.2 Å². The maximum Gasteiger partial charge on any atom is 0.404 e. The van der Waals surface area contributed by atoms with Crippen LogP contribution >= 0.6 is 0 Å². The second kappa shape index (κ2) is 9.88. The van der Waals surface area contributed by atoms with Gasteiger partial charge < -0.3 is 25.2 Å². The predicted octanol–water partition coefficient (Wildman–Crippen LogP) is 2.67. The first-order valence-electron chi connectivity index (χ1n) is 9.03. The fourth-order valence-electron chi connectivity index (χ4n) is 2.66. The summed E-state index contributed by atoms with van der Waals surface area (Å²) in [7, 11) is 1.34. The van der Waals surface area contributed by atoms with E-state index in [4.69, 9.17) is 19.8 Å². The molecule has 2 aromatic heterocycles. The molecule has 31 heavy (non-hydrogen) atoms. The second-order valence-corrected chi connectivity index (χ2v) is 6.08. The van der Waals surface area contributed by atoms with Gasteiger partial charge in [-0.3, -0.25) is 5.10 Å². The summed E-state index contributed by atoms with van der Waals surface area (Å²) < 4.78 is 25.3. The van der Waals surface area contributed by atoms with E-state index < -0.39 is 11.9 Å². The molecule has 0 aliphatic heterocycles. The zero-order chi connectivity index (χ0) is 22.2. The van der Waals surface area contributed by atoms with Gasteiger partial charge in [0.1, 0.15) is 17.6 Å². The first-order chi connectivity index (χ1) is 15.0. The number of ether oxygens (including phenoxy) is 2. The average Bonchev–Trinajstić information content (AvgIpc) is 3.22. The maximum absolute atomic E-state index is 14.3. The van der Waals surface area contributed by atoms with Crippen LogP contribution in [0.1, 0.15) is 12.1 Å². The van der Waals surface area contributed by atoms with Crippen LogP contribution in [-0.4, -0.2) is 51.6 Å². The van der Waals surface area contributed by atoms with Crippen LogP contribution in [0.25, 0.3) is 11.3 Å². The largest absolute Gasteiger partial charge is 0.493 e.